The van der Waals surface area contributed by atoms with Crippen LogP contribution in [-0.2, 0) is 0 Å². The van der Waals surface area contributed by atoms with E-state index in [1.54, 1.807) is 37.3 Å². The number of nitrogens with zero attached hydrogens (tertiary/aromatic N) is 2. The van der Waals surface area contributed by atoms with Crippen LogP contribution in [0.1, 0.15) is 17.1 Å². The van der Waals surface area contributed by atoms with Crippen LogP contribution in [0.3, 0.4) is 0 Å². The number of hydrogen-bond donors (Lipinski definition) is 2. The van der Waals surface area contributed by atoms with Gasteiger partial charge in [-0.1, -0.05) is 12.1 Å². The highest BCUT2D eigenvalue weighted by molar-refractivity contribution is 5.82. The molecule has 2 heterocycles. The van der Waals surface area contributed by atoms with Crippen molar-refractivity contribution in [3.05, 3.63) is 81.9 Å². The number of benzene rings is 2. The number of aryl methyl sites for hydroxylation is 1. The van der Waals surface area contributed by atoms with E-state index in [0.29, 0.717) is 28.6 Å². The van der Waals surface area contributed by atoms with Gasteiger partial charge in [0.1, 0.15) is 11.5 Å². The second kappa shape index (κ2) is 6.45. The number of H-pyrrole nitrogens is 1. The molecule has 0 atom stereocenters. The summed E-state index contributed by atoms with van der Waals surface area (Å²) in [6.07, 6.45) is 1.69. The standard InChI is InChI=1S/C20H16N4O3/c1-12-10-13(6-8-18(12)24(25)26)19-9-7-14(27-19)11-15(21)20-22-16-4-2-3-5-17(16)23-20/h2-11H,21H2,1H3,(H,22,23)/b15-11-. The van der Waals surface area contributed by atoms with E-state index in [9.17, 15) is 10.1 Å². The summed E-state index contributed by atoms with van der Waals surface area (Å²) in [5, 5.41) is 10.9. The number of fused-ring (bicyclic) bond motifs is 1. The molecule has 0 spiro atoms. The largest absolute Gasteiger partial charge is 0.457 e. The third-order valence-electron chi connectivity index (χ3n) is 4.27. The smallest absolute Gasteiger partial charge is 0.272 e. The van der Waals surface area contributed by atoms with E-state index in [0.717, 1.165) is 16.6 Å². The zero-order chi connectivity index (χ0) is 19.0. The number of aromatic amines is 1. The van der Waals surface area contributed by atoms with Gasteiger partial charge in [-0.25, -0.2) is 4.98 Å². The Morgan fingerprint density at radius 2 is 2.04 bits per heavy atom. The Balaban J connectivity index is 1.63. The Morgan fingerprint density at radius 3 is 2.78 bits per heavy atom. The van der Waals surface area contributed by atoms with Gasteiger partial charge in [-0.05, 0) is 43.3 Å². The number of nitrogens with one attached hydrogen (secondary N) is 1. The molecule has 7 nitrogen and oxygen atoms in total. The first kappa shape index (κ1) is 16.6. The van der Waals surface area contributed by atoms with Gasteiger partial charge in [0.25, 0.3) is 5.69 Å². The van der Waals surface area contributed by atoms with Crippen molar-refractivity contribution in [3.8, 4) is 11.3 Å². The van der Waals surface area contributed by atoms with Crippen molar-refractivity contribution in [2.24, 2.45) is 5.73 Å². The summed E-state index contributed by atoms with van der Waals surface area (Å²) in [6.45, 7) is 1.70. The Kier molecular flexibility index (Phi) is 3.97. The normalized spacial score (nSPS) is 11.8. The van der Waals surface area contributed by atoms with Crippen molar-refractivity contribution < 1.29 is 9.34 Å². The van der Waals surface area contributed by atoms with Gasteiger partial charge < -0.3 is 15.1 Å². The van der Waals surface area contributed by atoms with Crippen molar-refractivity contribution in [1.82, 2.24) is 9.97 Å². The zero-order valence-corrected chi connectivity index (χ0v) is 14.5. The summed E-state index contributed by atoms with van der Waals surface area (Å²) in [5.41, 5.74) is 9.77. The second-order valence-electron chi connectivity index (χ2n) is 6.16. The van der Waals surface area contributed by atoms with Crippen LogP contribution in [0.4, 0.5) is 5.69 Å². The van der Waals surface area contributed by atoms with E-state index in [2.05, 4.69) is 9.97 Å². The number of imidazole rings is 1. The summed E-state index contributed by atoms with van der Waals surface area (Å²) < 4.78 is 5.82. The fourth-order valence-corrected chi connectivity index (χ4v) is 2.91. The maximum atomic E-state index is 10.9. The molecular weight excluding hydrogens is 344 g/mol. The Morgan fingerprint density at radius 1 is 1.22 bits per heavy atom. The van der Waals surface area contributed by atoms with Gasteiger partial charge in [-0.2, -0.15) is 0 Å². The molecule has 3 N–H and O–H groups in total. The number of nitro groups is 1. The topological polar surface area (TPSA) is 111 Å². The van der Waals surface area contributed by atoms with Crippen LogP contribution in [0, 0.1) is 17.0 Å². The summed E-state index contributed by atoms with van der Waals surface area (Å²) in [4.78, 5) is 18.2. The molecule has 4 aromatic rings. The van der Waals surface area contributed by atoms with Gasteiger partial charge in [0, 0.05) is 23.3 Å². The predicted molar refractivity (Wildman–Crippen MR) is 104 cm³/mol. The summed E-state index contributed by atoms with van der Waals surface area (Å²) in [7, 11) is 0. The molecule has 134 valence electrons. The van der Waals surface area contributed by atoms with E-state index in [1.165, 1.54) is 6.07 Å². The minimum atomic E-state index is -0.399. The number of furan rings is 1. The van der Waals surface area contributed by atoms with Gasteiger partial charge in [0.2, 0.25) is 0 Å². The number of rotatable bonds is 4. The van der Waals surface area contributed by atoms with E-state index < -0.39 is 4.92 Å². The average molecular weight is 360 g/mol. The van der Waals surface area contributed by atoms with Crippen LogP contribution >= 0.6 is 0 Å². The van der Waals surface area contributed by atoms with Crippen molar-refractivity contribution in [2.45, 2.75) is 6.92 Å². The van der Waals surface area contributed by atoms with Crippen LogP contribution in [-0.4, -0.2) is 14.9 Å². The van der Waals surface area contributed by atoms with E-state index in [-0.39, 0.29) is 5.69 Å². The first-order chi connectivity index (χ1) is 13.0. The quantitative estimate of drug-likeness (QED) is 0.411. The molecule has 0 bridgehead atoms. The first-order valence-electron chi connectivity index (χ1n) is 8.29. The fraction of sp³-hybridized carbons (Fsp3) is 0.0500. The van der Waals surface area contributed by atoms with Crippen LogP contribution in [0.5, 0.6) is 0 Å². The third kappa shape index (κ3) is 3.18. The van der Waals surface area contributed by atoms with Gasteiger partial charge in [-0.15, -0.1) is 0 Å². The van der Waals surface area contributed by atoms with Crippen molar-refractivity contribution in [2.75, 3.05) is 0 Å². The molecular formula is C20H16N4O3. The van der Waals surface area contributed by atoms with Gasteiger partial charge in [0.15, 0.2) is 5.82 Å². The molecule has 0 aliphatic heterocycles. The van der Waals surface area contributed by atoms with E-state index >= 15 is 0 Å². The number of para-hydroxylation sites is 2. The molecule has 0 aliphatic carbocycles. The average Bonchev–Trinajstić information content (AvgIpc) is 3.28. The molecule has 0 fully saturated rings. The highest BCUT2D eigenvalue weighted by Gasteiger charge is 2.13. The van der Waals surface area contributed by atoms with Gasteiger partial charge in [0.05, 0.1) is 21.7 Å². The highest BCUT2D eigenvalue weighted by Crippen LogP contribution is 2.28. The maximum absolute atomic E-state index is 10.9. The zero-order valence-electron chi connectivity index (χ0n) is 14.5. The molecule has 0 amide bonds. The monoisotopic (exact) mass is 360 g/mol. The summed E-state index contributed by atoms with van der Waals surface area (Å²) in [5.74, 6) is 1.75. The summed E-state index contributed by atoms with van der Waals surface area (Å²) >= 11 is 0. The van der Waals surface area contributed by atoms with Crippen molar-refractivity contribution in [1.29, 1.82) is 0 Å². The summed E-state index contributed by atoms with van der Waals surface area (Å²) in [6, 6.07) is 16.1. The van der Waals surface area contributed by atoms with E-state index in [4.69, 9.17) is 10.2 Å². The van der Waals surface area contributed by atoms with Gasteiger partial charge in [-0.3, -0.25) is 10.1 Å². The molecule has 0 aliphatic rings. The molecule has 0 saturated heterocycles. The highest BCUT2D eigenvalue weighted by atomic mass is 16.6. The lowest BCUT2D eigenvalue weighted by atomic mass is 10.1. The molecule has 4 rings (SSSR count). The molecule has 27 heavy (non-hydrogen) atoms. The Bertz CT molecular complexity index is 1150. The third-order valence-corrected chi connectivity index (χ3v) is 4.27. The minimum Gasteiger partial charge on any atom is -0.457 e. The van der Waals surface area contributed by atoms with Crippen LogP contribution < -0.4 is 5.73 Å². The van der Waals surface area contributed by atoms with Crippen LogP contribution in [0.2, 0.25) is 0 Å². The molecule has 0 radical (unpaired) electrons. The lowest BCUT2D eigenvalue weighted by Crippen LogP contribution is -1.97. The predicted octanol–water partition coefficient (Wildman–Crippen LogP) is 4.50. The molecule has 0 unspecified atom stereocenters. The first-order valence-corrected chi connectivity index (χ1v) is 8.29. The maximum Gasteiger partial charge on any atom is 0.272 e. The van der Waals surface area contributed by atoms with E-state index in [1.807, 2.05) is 24.3 Å². The van der Waals surface area contributed by atoms with Crippen molar-refractivity contribution in [3.63, 3.8) is 0 Å². The molecule has 2 aromatic carbocycles. The number of aromatic nitrogens is 2. The number of hydrogen-bond acceptors (Lipinski definition) is 5. The minimum absolute atomic E-state index is 0.0829. The van der Waals surface area contributed by atoms with Crippen LogP contribution in [0.15, 0.2) is 59.0 Å². The molecule has 7 heteroatoms. The molecule has 0 saturated carbocycles. The van der Waals surface area contributed by atoms with Crippen molar-refractivity contribution >= 4 is 28.5 Å². The number of nitro benzene ring substituents is 1. The second-order valence-corrected chi connectivity index (χ2v) is 6.16. The molecule has 2 aromatic heterocycles. The number of nitrogens with two attached hydrogens (primary N) is 1. The van der Waals surface area contributed by atoms with Gasteiger partial charge >= 0.3 is 0 Å². The Hall–Kier alpha value is -3.87. The fourth-order valence-electron chi connectivity index (χ4n) is 2.91. The lowest BCUT2D eigenvalue weighted by Gasteiger charge is -2.00. The lowest BCUT2D eigenvalue weighted by molar-refractivity contribution is -0.385. The SMILES string of the molecule is Cc1cc(-c2ccc(/C=C(\N)c3nc4ccccc4[nH]3)o2)ccc1[N+](=O)[O-]. The Labute approximate surface area is 154 Å². The van der Waals surface area contributed by atoms with Crippen LogP contribution in [0.25, 0.3) is 34.1 Å².